The van der Waals surface area contributed by atoms with Gasteiger partial charge in [-0.15, -0.1) is 0 Å². The predicted octanol–water partition coefficient (Wildman–Crippen LogP) is 5.09. The molecule has 1 atom stereocenters. The van der Waals surface area contributed by atoms with Crippen LogP contribution in [0.1, 0.15) is 43.7 Å². The van der Waals surface area contributed by atoms with Gasteiger partial charge in [-0.1, -0.05) is 38.1 Å². The molecule has 1 unspecified atom stereocenters. The minimum Gasteiger partial charge on any atom is -0.453 e. The van der Waals surface area contributed by atoms with Gasteiger partial charge in [-0.25, -0.2) is 0 Å². The summed E-state index contributed by atoms with van der Waals surface area (Å²) in [6.07, 6.45) is 1.14. The first-order chi connectivity index (χ1) is 9.54. The molecule has 1 aromatic heterocycles. The van der Waals surface area contributed by atoms with Gasteiger partial charge in [-0.3, -0.25) is 0 Å². The third-order valence-corrected chi connectivity index (χ3v) is 3.76. The van der Waals surface area contributed by atoms with Gasteiger partial charge in [-0.05, 0) is 58.5 Å². The molecule has 0 saturated heterocycles. The number of nitrogens with one attached hydrogen (secondary N) is 1. The lowest BCUT2D eigenvalue weighted by Crippen LogP contribution is -2.17. The van der Waals surface area contributed by atoms with Crippen molar-refractivity contribution >= 4 is 15.9 Å². The van der Waals surface area contributed by atoms with E-state index >= 15 is 0 Å². The van der Waals surface area contributed by atoms with Crippen LogP contribution in [-0.4, -0.2) is 0 Å². The molecule has 0 fully saturated rings. The number of hydrogen-bond donors (Lipinski definition) is 1. The van der Waals surface area contributed by atoms with Crippen molar-refractivity contribution in [1.82, 2.24) is 5.32 Å². The number of halogens is 1. The molecule has 1 heterocycles. The van der Waals surface area contributed by atoms with Crippen LogP contribution in [0.15, 0.2) is 45.5 Å². The van der Waals surface area contributed by atoms with Crippen LogP contribution < -0.4 is 5.32 Å². The number of hydrogen-bond acceptors (Lipinski definition) is 2. The van der Waals surface area contributed by atoms with Gasteiger partial charge < -0.3 is 9.73 Å². The second-order valence-corrected chi connectivity index (χ2v) is 6.43. The van der Waals surface area contributed by atoms with Crippen LogP contribution >= 0.6 is 15.9 Å². The monoisotopic (exact) mass is 335 g/mol. The predicted molar refractivity (Wildman–Crippen MR) is 86.6 cm³/mol. The smallest absolute Gasteiger partial charge is 0.169 e. The minimum absolute atomic E-state index is 0.312. The largest absolute Gasteiger partial charge is 0.453 e. The highest BCUT2D eigenvalue weighted by molar-refractivity contribution is 9.10. The zero-order chi connectivity index (χ0) is 14.5. The molecule has 20 heavy (non-hydrogen) atoms. The Morgan fingerprint density at radius 2 is 1.75 bits per heavy atom. The molecule has 0 amide bonds. The van der Waals surface area contributed by atoms with E-state index in [-0.39, 0.29) is 0 Å². The Kier molecular flexibility index (Phi) is 5.44. The normalized spacial score (nSPS) is 12.8. The molecule has 0 saturated carbocycles. The number of benzene rings is 1. The number of furan rings is 1. The fourth-order valence-electron chi connectivity index (χ4n) is 2.23. The van der Waals surface area contributed by atoms with Gasteiger partial charge in [-0.2, -0.15) is 0 Å². The van der Waals surface area contributed by atoms with Crippen LogP contribution in [0.4, 0.5) is 0 Å². The van der Waals surface area contributed by atoms with Crippen molar-refractivity contribution < 1.29 is 4.42 Å². The average molecular weight is 336 g/mol. The fraction of sp³-hybridized carbons (Fsp3) is 0.412. The van der Waals surface area contributed by atoms with Gasteiger partial charge in [0.25, 0.3) is 0 Å². The van der Waals surface area contributed by atoms with Gasteiger partial charge in [0.2, 0.25) is 0 Å². The summed E-state index contributed by atoms with van der Waals surface area (Å²) in [4.78, 5) is 0. The van der Waals surface area contributed by atoms with Crippen molar-refractivity contribution in [2.24, 2.45) is 5.92 Å². The van der Waals surface area contributed by atoms with Gasteiger partial charge in [0, 0.05) is 6.04 Å². The van der Waals surface area contributed by atoms with Gasteiger partial charge in [0.15, 0.2) is 4.67 Å². The molecule has 2 aromatic rings. The maximum atomic E-state index is 5.49. The lowest BCUT2D eigenvalue weighted by molar-refractivity contribution is 0.447. The van der Waals surface area contributed by atoms with Crippen LogP contribution in [0.5, 0.6) is 0 Å². The Hall–Kier alpha value is -1.06. The molecule has 2 rings (SSSR count). The second-order valence-electron chi connectivity index (χ2n) is 5.65. The van der Waals surface area contributed by atoms with E-state index in [0.29, 0.717) is 12.0 Å². The van der Waals surface area contributed by atoms with Crippen LogP contribution in [0.25, 0.3) is 0 Å². The highest BCUT2D eigenvalue weighted by Crippen LogP contribution is 2.18. The second kappa shape index (κ2) is 7.09. The Morgan fingerprint density at radius 3 is 2.30 bits per heavy atom. The Morgan fingerprint density at radius 1 is 1.05 bits per heavy atom. The summed E-state index contributed by atoms with van der Waals surface area (Å²) >= 11 is 3.32. The molecule has 0 aliphatic heterocycles. The molecule has 1 N–H and O–H groups in total. The van der Waals surface area contributed by atoms with E-state index < -0.39 is 0 Å². The van der Waals surface area contributed by atoms with Crippen molar-refractivity contribution in [3.05, 3.63) is 58.0 Å². The summed E-state index contributed by atoms with van der Waals surface area (Å²) in [5.74, 6) is 1.65. The SMILES string of the molecule is CC(C)Cc1ccc(C(C)NCc2ccc(Br)o2)cc1. The maximum absolute atomic E-state index is 5.49. The highest BCUT2D eigenvalue weighted by atomic mass is 79.9. The molecule has 108 valence electrons. The van der Waals surface area contributed by atoms with E-state index in [1.165, 1.54) is 11.1 Å². The van der Waals surface area contributed by atoms with E-state index in [9.17, 15) is 0 Å². The standard InChI is InChI=1S/C17H22BrNO/c1-12(2)10-14-4-6-15(7-5-14)13(3)19-11-16-8-9-17(18)20-16/h4-9,12-13,19H,10-11H2,1-3H3. The highest BCUT2D eigenvalue weighted by Gasteiger charge is 2.07. The average Bonchev–Trinajstić information content (AvgIpc) is 2.82. The van der Waals surface area contributed by atoms with Crippen LogP contribution in [0, 0.1) is 5.92 Å². The first-order valence-electron chi connectivity index (χ1n) is 7.11. The van der Waals surface area contributed by atoms with E-state index in [4.69, 9.17) is 4.42 Å². The summed E-state index contributed by atoms with van der Waals surface area (Å²) in [5, 5.41) is 3.47. The molecule has 0 radical (unpaired) electrons. The summed E-state index contributed by atoms with van der Waals surface area (Å²) in [7, 11) is 0. The summed E-state index contributed by atoms with van der Waals surface area (Å²) < 4.78 is 6.26. The molecular weight excluding hydrogens is 314 g/mol. The fourth-order valence-corrected chi connectivity index (χ4v) is 2.57. The van der Waals surface area contributed by atoms with Crippen molar-refractivity contribution in [3.8, 4) is 0 Å². The molecule has 0 spiro atoms. The lowest BCUT2D eigenvalue weighted by Gasteiger charge is -2.14. The molecule has 3 heteroatoms. The van der Waals surface area contributed by atoms with Crippen molar-refractivity contribution in [2.45, 2.75) is 39.8 Å². The Labute approximate surface area is 129 Å². The lowest BCUT2D eigenvalue weighted by atomic mass is 10.00. The molecule has 0 aliphatic rings. The molecule has 1 aromatic carbocycles. The van der Waals surface area contributed by atoms with E-state index in [2.05, 4.69) is 66.3 Å². The Balaban J connectivity index is 1.90. The zero-order valence-electron chi connectivity index (χ0n) is 12.3. The van der Waals surface area contributed by atoms with E-state index in [1.807, 2.05) is 12.1 Å². The molecule has 2 nitrogen and oxygen atoms in total. The van der Waals surface area contributed by atoms with Crippen molar-refractivity contribution in [2.75, 3.05) is 0 Å². The molecule has 0 aliphatic carbocycles. The van der Waals surface area contributed by atoms with E-state index in [0.717, 1.165) is 23.4 Å². The van der Waals surface area contributed by atoms with Crippen LogP contribution in [-0.2, 0) is 13.0 Å². The summed E-state index contributed by atoms with van der Waals surface area (Å²) in [6, 6.07) is 13.1. The topological polar surface area (TPSA) is 25.2 Å². The quantitative estimate of drug-likeness (QED) is 0.795. The van der Waals surface area contributed by atoms with Crippen molar-refractivity contribution in [1.29, 1.82) is 0 Å². The van der Waals surface area contributed by atoms with Crippen LogP contribution in [0.2, 0.25) is 0 Å². The van der Waals surface area contributed by atoms with E-state index in [1.54, 1.807) is 0 Å². The van der Waals surface area contributed by atoms with Crippen LogP contribution in [0.3, 0.4) is 0 Å². The maximum Gasteiger partial charge on any atom is 0.169 e. The van der Waals surface area contributed by atoms with Gasteiger partial charge >= 0.3 is 0 Å². The zero-order valence-corrected chi connectivity index (χ0v) is 13.9. The Bertz CT molecular complexity index is 530. The molecule has 0 bridgehead atoms. The number of rotatable bonds is 6. The third kappa shape index (κ3) is 4.50. The van der Waals surface area contributed by atoms with Crippen molar-refractivity contribution in [3.63, 3.8) is 0 Å². The summed E-state index contributed by atoms with van der Waals surface area (Å²) in [5.41, 5.74) is 2.72. The first-order valence-corrected chi connectivity index (χ1v) is 7.90. The summed E-state index contributed by atoms with van der Waals surface area (Å²) in [6.45, 7) is 7.41. The minimum atomic E-state index is 0.312. The van der Waals surface area contributed by atoms with Gasteiger partial charge in [0.05, 0.1) is 6.54 Å². The molecular formula is C17H22BrNO. The third-order valence-electron chi connectivity index (χ3n) is 3.34. The van der Waals surface area contributed by atoms with Gasteiger partial charge in [0.1, 0.15) is 5.76 Å². The first kappa shape index (κ1) is 15.3.